The first kappa shape index (κ1) is 18.1. The number of para-hydroxylation sites is 2. The molecule has 1 saturated heterocycles. The van der Waals surface area contributed by atoms with Gasteiger partial charge in [0.1, 0.15) is 5.82 Å². The number of aryl methyl sites for hydroxylation is 2. The SMILES string of the molecule is CC(=O)N1C[C@@H](C(=O)NCc2nc3ccccc3n2C)[C@H](c2nc(C)no2)C1. The van der Waals surface area contributed by atoms with Gasteiger partial charge in [-0.3, -0.25) is 9.59 Å². The number of rotatable bonds is 4. The maximum atomic E-state index is 12.9. The van der Waals surface area contributed by atoms with Crippen LogP contribution in [0.1, 0.15) is 30.4 Å². The van der Waals surface area contributed by atoms with Crippen molar-refractivity contribution in [1.29, 1.82) is 0 Å². The molecule has 146 valence electrons. The summed E-state index contributed by atoms with van der Waals surface area (Å²) in [5.41, 5.74) is 1.90. The van der Waals surface area contributed by atoms with Crippen LogP contribution in [-0.4, -0.2) is 49.5 Å². The van der Waals surface area contributed by atoms with Gasteiger partial charge in [0.05, 0.1) is 29.4 Å². The zero-order chi connectivity index (χ0) is 19.8. The van der Waals surface area contributed by atoms with Crippen LogP contribution in [0.2, 0.25) is 0 Å². The first-order chi connectivity index (χ1) is 13.4. The molecule has 0 unspecified atom stereocenters. The first-order valence-corrected chi connectivity index (χ1v) is 9.18. The predicted octanol–water partition coefficient (Wildman–Crippen LogP) is 1.14. The quantitative estimate of drug-likeness (QED) is 0.725. The number of nitrogens with one attached hydrogen (secondary N) is 1. The molecule has 1 fully saturated rings. The molecule has 2 aromatic heterocycles. The molecule has 0 saturated carbocycles. The molecule has 0 radical (unpaired) electrons. The maximum Gasteiger partial charge on any atom is 0.232 e. The molecule has 3 aromatic rings. The van der Waals surface area contributed by atoms with Crippen LogP contribution in [0.5, 0.6) is 0 Å². The van der Waals surface area contributed by atoms with Crippen molar-refractivity contribution in [2.45, 2.75) is 26.3 Å². The molecule has 1 aromatic carbocycles. The van der Waals surface area contributed by atoms with E-state index in [1.54, 1.807) is 11.8 Å². The number of carbonyl (C=O) groups is 2. The smallest absolute Gasteiger partial charge is 0.232 e. The van der Waals surface area contributed by atoms with Crippen LogP contribution in [-0.2, 0) is 23.2 Å². The monoisotopic (exact) mass is 382 g/mol. The third-order valence-electron chi connectivity index (χ3n) is 5.26. The minimum atomic E-state index is -0.446. The standard InChI is InChI=1S/C19H22N6O3/c1-11-21-19(28-23-11)14-10-25(12(2)26)9-13(14)18(27)20-8-17-22-15-6-4-5-7-16(15)24(17)3/h4-7,13-14H,8-10H2,1-3H3,(H,20,27)/t13-,14-/m1/s1. The molecular weight excluding hydrogens is 360 g/mol. The Morgan fingerprint density at radius 2 is 2.04 bits per heavy atom. The molecular formula is C19H22N6O3. The largest absolute Gasteiger partial charge is 0.349 e. The molecule has 0 spiro atoms. The third-order valence-corrected chi connectivity index (χ3v) is 5.26. The molecule has 0 bridgehead atoms. The van der Waals surface area contributed by atoms with Gasteiger partial charge >= 0.3 is 0 Å². The Morgan fingerprint density at radius 1 is 1.25 bits per heavy atom. The van der Waals surface area contributed by atoms with E-state index >= 15 is 0 Å². The summed E-state index contributed by atoms with van der Waals surface area (Å²) in [5.74, 6) is 0.674. The minimum absolute atomic E-state index is 0.0770. The molecule has 1 N–H and O–H groups in total. The number of aromatic nitrogens is 4. The lowest BCUT2D eigenvalue weighted by molar-refractivity contribution is -0.128. The summed E-state index contributed by atoms with van der Waals surface area (Å²) < 4.78 is 7.25. The van der Waals surface area contributed by atoms with Gasteiger partial charge in [0.2, 0.25) is 17.7 Å². The highest BCUT2D eigenvalue weighted by molar-refractivity contribution is 5.82. The highest BCUT2D eigenvalue weighted by Gasteiger charge is 2.42. The average molecular weight is 382 g/mol. The number of likely N-dealkylation sites (tertiary alicyclic amines) is 1. The fourth-order valence-electron chi connectivity index (χ4n) is 3.69. The van der Waals surface area contributed by atoms with E-state index in [9.17, 15) is 9.59 Å². The van der Waals surface area contributed by atoms with Crippen LogP contribution in [0.15, 0.2) is 28.8 Å². The number of imidazole rings is 1. The molecule has 28 heavy (non-hydrogen) atoms. The van der Waals surface area contributed by atoms with Crippen LogP contribution in [0.25, 0.3) is 11.0 Å². The highest BCUT2D eigenvalue weighted by atomic mass is 16.5. The van der Waals surface area contributed by atoms with E-state index in [-0.39, 0.29) is 17.7 Å². The molecule has 2 atom stereocenters. The molecule has 3 heterocycles. The normalized spacial score (nSPS) is 19.3. The fourth-order valence-corrected chi connectivity index (χ4v) is 3.69. The third kappa shape index (κ3) is 3.23. The van der Waals surface area contributed by atoms with Crippen LogP contribution in [0, 0.1) is 12.8 Å². The summed E-state index contributed by atoms with van der Waals surface area (Å²) in [5, 5.41) is 6.78. The van der Waals surface area contributed by atoms with E-state index in [2.05, 4.69) is 20.4 Å². The molecule has 9 nitrogen and oxygen atoms in total. The first-order valence-electron chi connectivity index (χ1n) is 9.18. The van der Waals surface area contributed by atoms with Crippen molar-refractivity contribution in [3.8, 4) is 0 Å². The zero-order valence-corrected chi connectivity index (χ0v) is 16.0. The van der Waals surface area contributed by atoms with E-state index in [0.29, 0.717) is 31.3 Å². The Balaban J connectivity index is 1.51. The van der Waals surface area contributed by atoms with Gasteiger partial charge in [0, 0.05) is 27.1 Å². The van der Waals surface area contributed by atoms with Crippen LogP contribution in [0.3, 0.4) is 0 Å². The average Bonchev–Trinajstić information content (AvgIpc) is 3.37. The number of carbonyl (C=O) groups excluding carboxylic acids is 2. The lowest BCUT2D eigenvalue weighted by atomic mass is 9.95. The molecule has 9 heteroatoms. The van der Waals surface area contributed by atoms with Gasteiger partial charge in [-0.15, -0.1) is 0 Å². The van der Waals surface area contributed by atoms with Crippen molar-refractivity contribution >= 4 is 22.8 Å². The number of hydrogen-bond donors (Lipinski definition) is 1. The van der Waals surface area contributed by atoms with E-state index in [4.69, 9.17) is 4.52 Å². The Labute approximate surface area is 161 Å². The highest BCUT2D eigenvalue weighted by Crippen LogP contribution is 2.32. The number of nitrogens with zero attached hydrogens (tertiary/aromatic N) is 5. The van der Waals surface area contributed by atoms with Gasteiger partial charge in [-0.05, 0) is 19.1 Å². The number of fused-ring (bicyclic) bond motifs is 1. The van der Waals surface area contributed by atoms with Crippen LogP contribution < -0.4 is 5.32 Å². The molecule has 0 aliphatic carbocycles. The van der Waals surface area contributed by atoms with Crippen molar-refractivity contribution in [3.05, 3.63) is 41.8 Å². The zero-order valence-electron chi connectivity index (χ0n) is 16.0. The summed E-state index contributed by atoms with van der Waals surface area (Å²) in [7, 11) is 1.92. The second kappa shape index (κ2) is 7.06. The maximum absolute atomic E-state index is 12.9. The van der Waals surface area contributed by atoms with Crippen LogP contribution in [0.4, 0.5) is 0 Å². The Bertz CT molecular complexity index is 1040. The van der Waals surface area contributed by atoms with E-state index in [1.807, 2.05) is 35.9 Å². The number of benzene rings is 1. The van der Waals surface area contributed by atoms with Crippen molar-refractivity contribution in [2.24, 2.45) is 13.0 Å². The van der Waals surface area contributed by atoms with Gasteiger partial charge < -0.3 is 19.3 Å². The van der Waals surface area contributed by atoms with Crippen molar-refractivity contribution in [2.75, 3.05) is 13.1 Å². The lowest BCUT2D eigenvalue weighted by Crippen LogP contribution is -2.35. The Hall–Kier alpha value is -3.23. The summed E-state index contributed by atoms with van der Waals surface area (Å²) in [6, 6.07) is 7.82. The van der Waals surface area contributed by atoms with Crippen molar-refractivity contribution in [3.63, 3.8) is 0 Å². The summed E-state index contributed by atoms with van der Waals surface area (Å²) in [6.07, 6.45) is 0. The van der Waals surface area contributed by atoms with Crippen molar-refractivity contribution in [1.82, 2.24) is 29.9 Å². The molecule has 1 aliphatic heterocycles. The second-order valence-corrected chi connectivity index (χ2v) is 7.11. The Morgan fingerprint density at radius 3 is 2.71 bits per heavy atom. The van der Waals surface area contributed by atoms with Gasteiger partial charge in [-0.25, -0.2) is 4.98 Å². The van der Waals surface area contributed by atoms with E-state index in [1.165, 1.54) is 6.92 Å². The minimum Gasteiger partial charge on any atom is -0.349 e. The van der Waals surface area contributed by atoms with Gasteiger partial charge in [-0.2, -0.15) is 4.98 Å². The summed E-state index contributed by atoms with van der Waals surface area (Å²) in [4.78, 5) is 35.2. The Kier molecular flexibility index (Phi) is 4.58. The molecule has 4 rings (SSSR count). The molecule has 1 aliphatic rings. The van der Waals surface area contributed by atoms with E-state index < -0.39 is 5.92 Å². The van der Waals surface area contributed by atoms with Gasteiger partial charge in [0.15, 0.2) is 5.82 Å². The van der Waals surface area contributed by atoms with Crippen molar-refractivity contribution < 1.29 is 14.1 Å². The number of amides is 2. The second-order valence-electron chi connectivity index (χ2n) is 7.11. The summed E-state index contributed by atoms with van der Waals surface area (Å²) in [6.45, 7) is 4.24. The fraction of sp³-hybridized carbons (Fsp3) is 0.421. The van der Waals surface area contributed by atoms with Gasteiger partial charge in [-0.1, -0.05) is 17.3 Å². The lowest BCUT2D eigenvalue weighted by Gasteiger charge is -2.15. The topological polar surface area (TPSA) is 106 Å². The van der Waals surface area contributed by atoms with E-state index in [0.717, 1.165) is 16.9 Å². The predicted molar refractivity (Wildman–Crippen MR) is 100 cm³/mol. The summed E-state index contributed by atoms with van der Waals surface area (Å²) >= 11 is 0. The number of hydrogen-bond acceptors (Lipinski definition) is 6. The van der Waals surface area contributed by atoms with Crippen LogP contribution >= 0.6 is 0 Å². The van der Waals surface area contributed by atoms with Gasteiger partial charge in [0.25, 0.3) is 0 Å². The molecule has 2 amide bonds.